The van der Waals surface area contributed by atoms with Crippen LogP contribution in [0, 0.1) is 0 Å². The van der Waals surface area contributed by atoms with E-state index in [9.17, 15) is 5.11 Å². The molecule has 1 aliphatic heterocycles. The van der Waals surface area contributed by atoms with Crippen molar-refractivity contribution in [3.8, 4) is 0 Å². The lowest BCUT2D eigenvalue weighted by atomic mass is 10.1. The molecule has 0 saturated carbocycles. The van der Waals surface area contributed by atoms with Crippen LogP contribution in [0.2, 0.25) is 0 Å². The molecular weight excluding hydrogens is 174 g/mol. The third-order valence-electron chi connectivity index (χ3n) is 2.95. The second-order valence-electron chi connectivity index (χ2n) is 4.11. The van der Waals surface area contributed by atoms with Crippen LogP contribution >= 0.6 is 0 Å². The first-order chi connectivity index (χ1) is 6.74. The van der Waals surface area contributed by atoms with Crippen molar-refractivity contribution in [2.75, 3.05) is 11.4 Å². The van der Waals surface area contributed by atoms with Crippen LogP contribution in [0.1, 0.15) is 25.0 Å². The summed E-state index contributed by atoms with van der Waals surface area (Å²) in [6, 6.07) is 6.75. The van der Waals surface area contributed by atoms with Gasteiger partial charge in [-0.3, -0.25) is 0 Å². The molecule has 0 aliphatic carbocycles. The molecule has 1 aliphatic rings. The van der Waals surface area contributed by atoms with E-state index >= 15 is 0 Å². The molecule has 2 rings (SSSR count). The number of fused-ring (bicyclic) bond motifs is 1. The lowest BCUT2D eigenvalue weighted by Gasteiger charge is -2.24. The van der Waals surface area contributed by atoms with Crippen LogP contribution < -0.4 is 4.90 Å². The fourth-order valence-electron chi connectivity index (χ4n) is 2.22. The Balaban J connectivity index is 2.41. The second kappa shape index (κ2) is 3.62. The summed E-state index contributed by atoms with van der Waals surface area (Å²) in [5.41, 5.74) is 3.74. The molecule has 0 bridgehead atoms. The quantitative estimate of drug-likeness (QED) is 0.772. The molecule has 0 atom stereocenters. The highest BCUT2D eigenvalue weighted by Gasteiger charge is 2.22. The lowest BCUT2D eigenvalue weighted by molar-refractivity contribution is 0.281. The summed E-state index contributed by atoms with van der Waals surface area (Å²) in [4.78, 5) is 2.40. The van der Waals surface area contributed by atoms with Crippen molar-refractivity contribution in [1.82, 2.24) is 0 Å². The molecule has 1 heterocycles. The van der Waals surface area contributed by atoms with E-state index in [1.807, 2.05) is 12.1 Å². The fourth-order valence-corrected chi connectivity index (χ4v) is 2.22. The summed E-state index contributed by atoms with van der Waals surface area (Å²) >= 11 is 0. The van der Waals surface area contributed by atoms with Crippen molar-refractivity contribution in [3.63, 3.8) is 0 Å². The first-order valence-electron chi connectivity index (χ1n) is 5.22. The van der Waals surface area contributed by atoms with Gasteiger partial charge in [-0.05, 0) is 37.5 Å². The van der Waals surface area contributed by atoms with Crippen LogP contribution in [0.4, 0.5) is 5.69 Å². The molecule has 76 valence electrons. The Morgan fingerprint density at radius 2 is 2.21 bits per heavy atom. The summed E-state index contributed by atoms with van der Waals surface area (Å²) < 4.78 is 0. The first-order valence-corrected chi connectivity index (χ1v) is 5.22. The summed E-state index contributed by atoms with van der Waals surface area (Å²) in [5, 5.41) is 9.21. The second-order valence-corrected chi connectivity index (χ2v) is 4.11. The lowest BCUT2D eigenvalue weighted by Crippen LogP contribution is -2.28. The minimum Gasteiger partial charge on any atom is -0.392 e. The standard InChI is InChI=1S/C12H17NO/c1-9(2)13-7-6-11-10(8-14)4-3-5-12(11)13/h3-5,9,14H,6-8H2,1-2H3. The van der Waals surface area contributed by atoms with E-state index in [2.05, 4.69) is 24.8 Å². The highest BCUT2D eigenvalue weighted by atomic mass is 16.3. The van der Waals surface area contributed by atoms with Gasteiger partial charge >= 0.3 is 0 Å². The molecular formula is C12H17NO. The van der Waals surface area contributed by atoms with E-state index in [1.54, 1.807) is 0 Å². The van der Waals surface area contributed by atoms with Gasteiger partial charge in [0.05, 0.1) is 6.61 Å². The number of benzene rings is 1. The number of nitrogens with zero attached hydrogens (tertiary/aromatic N) is 1. The number of hydrogen-bond donors (Lipinski definition) is 1. The van der Waals surface area contributed by atoms with Crippen molar-refractivity contribution < 1.29 is 5.11 Å². The van der Waals surface area contributed by atoms with Crippen molar-refractivity contribution in [2.45, 2.75) is 32.9 Å². The van der Waals surface area contributed by atoms with Gasteiger partial charge in [-0.1, -0.05) is 12.1 Å². The number of rotatable bonds is 2. The highest BCUT2D eigenvalue weighted by Crippen LogP contribution is 2.31. The summed E-state index contributed by atoms with van der Waals surface area (Å²) in [7, 11) is 0. The Morgan fingerprint density at radius 1 is 1.43 bits per heavy atom. The number of aliphatic hydroxyl groups is 1. The zero-order chi connectivity index (χ0) is 10.1. The predicted molar refractivity (Wildman–Crippen MR) is 58.6 cm³/mol. The largest absolute Gasteiger partial charge is 0.392 e. The van der Waals surface area contributed by atoms with E-state index in [0.29, 0.717) is 6.04 Å². The molecule has 0 aromatic heterocycles. The van der Waals surface area contributed by atoms with Crippen LogP contribution in [0.25, 0.3) is 0 Å². The molecule has 0 radical (unpaired) electrons. The van der Waals surface area contributed by atoms with E-state index in [-0.39, 0.29) is 6.61 Å². The normalized spacial score (nSPS) is 15.0. The van der Waals surface area contributed by atoms with Crippen molar-refractivity contribution in [2.24, 2.45) is 0 Å². The number of anilines is 1. The number of aliphatic hydroxyl groups excluding tert-OH is 1. The maximum atomic E-state index is 9.21. The summed E-state index contributed by atoms with van der Waals surface area (Å²) in [5.74, 6) is 0. The third-order valence-corrected chi connectivity index (χ3v) is 2.95. The molecule has 1 N–H and O–H groups in total. The molecule has 14 heavy (non-hydrogen) atoms. The molecule has 1 aromatic rings. The Hall–Kier alpha value is -1.02. The number of hydrogen-bond acceptors (Lipinski definition) is 2. The van der Waals surface area contributed by atoms with Crippen LogP contribution in [0.15, 0.2) is 18.2 Å². The molecule has 0 unspecified atom stereocenters. The SMILES string of the molecule is CC(C)N1CCc2c(CO)cccc21. The summed E-state index contributed by atoms with van der Waals surface area (Å²) in [6.07, 6.45) is 1.07. The maximum absolute atomic E-state index is 9.21. The average Bonchev–Trinajstić information content (AvgIpc) is 2.60. The summed E-state index contributed by atoms with van der Waals surface area (Å²) in [6.45, 7) is 5.67. The maximum Gasteiger partial charge on any atom is 0.0685 e. The Bertz CT molecular complexity index is 333. The Labute approximate surface area is 85.2 Å². The van der Waals surface area contributed by atoms with Crippen LogP contribution in [0.3, 0.4) is 0 Å². The van der Waals surface area contributed by atoms with Gasteiger partial charge in [-0.25, -0.2) is 0 Å². The average molecular weight is 191 g/mol. The smallest absolute Gasteiger partial charge is 0.0685 e. The molecule has 2 heteroatoms. The van der Waals surface area contributed by atoms with Gasteiger partial charge in [-0.15, -0.1) is 0 Å². The van der Waals surface area contributed by atoms with Gasteiger partial charge in [0.15, 0.2) is 0 Å². The minimum absolute atomic E-state index is 0.162. The topological polar surface area (TPSA) is 23.5 Å². The van der Waals surface area contributed by atoms with Gasteiger partial charge in [-0.2, -0.15) is 0 Å². The predicted octanol–water partition coefficient (Wildman–Crippen LogP) is 1.95. The molecule has 0 fully saturated rings. The van der Waals surface area contributed by atoms with E-state index in [1.165, 1.54) is 11.3 Å². The minimum atomic E-state index is 0.162. The molecule has 1 aromatic carbocycles. The molecule has 0 saturated heterocycles. The van der Waals surface area contributed by atoms with Crippen molar-refractivity contribution >= 4 is 5.69 Å². The van der Waals surface area contributed by atoms with Gasteiger partial charge in [0.1, 0.15) is 0 Å². The zero-order valence-corrected chi connectivity index (χ0v) is 8.83. The monoisotopic (exact) mass is 191 g/mol. The van der Waals surface area contributed by atoms with Gasteiger partial charge in [0, 0.05) is 18.3 Å². The van der Waals surface area contributed by atoms with Crippen LogP contribution in [-0.4, -0.2) is 17.7 Å². The molecule has 2 nitrogen and oxygen atoms in total. The Kier molecular flexibility index (Phi) is 2.46. The van der Waals surface area contributed by atoms with Gasteiger partial charge in [0.2, 0.25) is 0 Å². The highest BCUT2D eigenvalue weighted by molar-refractivity contribution is 5.61. The van der Waals surface area contributed by atoms with Crippen molar-refractivity contribution in [3.05, 3.63) is 29.3 Å². The fraction of sp³-hybridized carbons (Fsp3) is 0.500. The third kappa shape index (κ3) is 1.40. The van der Waals surface area contributed by atoms with E-state index in [4.69, 9.17) is 0 Å². The first kappa shape index (κ1) is 9.53. The van der Waals surface area contributed by atoms with E-state index in [0.717, 1.165) is 18.5 Å². The molecule has 0 amide bonds. The van der Waals surface area contributed by atoms with Gasteiger partial charge in [0.25, 0.3) is 0 Å². The molecule has 0 spiro atoms. The van der Waals surface area contributed by atoms with Crippen molar-refractivity contribution in [1.29, 1.82) is 0 Å². The van der Waals surface area contributed by atoms with Gasteiger partial charge < -0.3 is 10.0 Å². The Morgan fingerprint density at radius 3 is 2.86 bits per heavy atom. The van der Waals surface area contributed by atoms with Crippen LogP contribution in [-0.2, 0) is 13.0 Å². The van der Waals surface area contributed by atoms with Crippen LogP contribution in [0.5, 0.6) is 0 Å². The zero-order valence-electron chi connectivity index (χ0n) is 8.83. The van der Waals surface area contributed by atoms with E-state index < -0.39 is 0 Å².